The van der Waals surface area contributed by atoms with E-state index in [0.717, 1.165) is 10.7 Å². The number of amides is 1. The molecule has 25 heavy (non-hydrogen) atoms. The van der Waals surface area contributed by atoms with Crippen molar-refractivity contribution >= 4 is 40.0 Å². The summed E-state index contributed by atoms with van der Waals surface area (Å²) >= 11 is 2.63. The minimum Gasteiger partial charge on any atom is -0.462 e. The molecular weight excluding hydrogens is 360 g/mol. The van der Waals surface area contributed by atoms with Gasteiger partial charge in [0.2, 0.25) is 5.91 Å². The fraction of sp³-hybridized carbons (Fsp3) is 0.375. The molecule has 0 fully saturated rings. The third-order valence-electron chi connectivity index (χ3n) is 3.15. The third-order valence-corrected chi connectivity index (χ3v) is 5.08. The average molecular weight is 380 g/mol. The van der Waals surface area contributed by atoms with Crippen LogP contribution < -0.4 is 5.32 Å². The molecule has 134 valence electrons. The van der Waals surface area contributed by atoms with Gasteiger partial charge in [0.1, 0.15) is 10.8 Å². The van der Waals surface area contributed by atoms with E-state index in [2.05, 4.69) is 22.1 Å². The predicted octanol–water partition coefficient (Wildman–Crippen LogP) is 3.05. The summed E-state index contributed by atoms with van der Waals surface area (Å²) in [4.78, 5) is 25.1. The number of nitrogens with zero attached hydrogens (tertiary/aromatic N) is 3. The molecule has 2 heterocycles. The Morgan fingerprint density at radius 1 is 1.44 bits per heavy atom. The number of thiophene rings is 1. The zero-order valence-corrected chi connectivity index (χ0v) is 16.0. The average Bonchev–Trinajstić information content (AvgIpc) is 3.10. The monoisotopic (exact) mass is 380 g/mol. The van der Waals surface area contributed by atoms with Crippen LogP contribution in [0.5, 0.6) is 0 Å². The minimum atomic E-state index is -0.434. The number of thioether (sulfide) groups is 1. The summed E-state index contributed by atoms with van der Waals surface area (Å²) in [5.74, 6) is 0.273. The lowest BCUT2D eigenvalue weighted by Gasteiger charge is -2.07. The first kappa shape index (κ1) is 19.2. The van der Waals surface area contributed by atoms with Gasteiger partial charge in [-0.2, -0.15) is 0 Å². The van der Waals surface area contributed by atoms with Crippen molar-refractivity contribution in [1.82, 2.24) is 14.8 Å². The zero-order chi connectivity index (χ0) is 18.4. The molecule has 0 aromatic carbocycles. The molecule has 0 spiro atoms. The summed E-state index contributed by atoms with van der Waals surface area (Å²) in [5, 5.41) is 12.0. The summed E-state index contributed by atoms with van der Waals surface area (Å²) < 4.78 is 6.90. The van der Waals surface area contributed by atoms with E-state index in [4.69, 9.17) is 4.74 Å². The van der Waals surface area contributed by atoms with Gasteiger partial charge in [0.25, 0.3) is 0 Å². The van der Waals surface area contributed by atoms with Crippen molar-refractivity contribution in [3.05, 3.63) is 35.0 Å². The Balaban J connectivity index is 2.02. The lowest BCUT2D eigenvalue weighted by Crippen LogP contribution is -2.16. The highest BCUT2D eigenvalue weighted by Crippen LogP contribution is 2.28. The number of hydrogen-bond donors (Lipinski definition) is 1. The van der Waals surface area contributed by atoms with E-state index in [0.29, 0.717) is 22.3 Å². The van der Waals surface area contributed by atoms with Crippen molar-refractivity contribution in [2.45, 2.75) is 32.5 Å². The fourth-order valence-corrected chi connectivity index (χ4v) is 3.78. The first-order chi connectivity index (χ1) is 12.0. The molecule has 9 heteroatoms. The topological polar surface area (TPSA) is 86.1 Å². The largest absolute Gasteiger partial charge is 0.462 e. The summed E-state index contributed by atoms with van der Waals surface area (Å²) in [6, 6.07) is 1.72. The molecule has 2 rings (SSSR count). The summed E-state index contributed by atoms with van der Waals surface area (Å²) in [6.07, 6.45) is 1.75. The zero-order valence-electron chi connectivity index (χ0n) is 14.4. The van der Waals surface area contributed by atoms with Gasteiger partial charge in [-0.3, -0.25) is 4.79 Å². The Hall–Kier alpha value is -2.13. The fourth-order valence-electron chi connectivity index (χ4n) is 2.07. The van der Waals surface area contributed by atoms with E-state index < -0.39 is 5.97 Å². The van der Waals surface area contributed by atoms with Gasteiger partial charge in [0, 0.05) is 11.4 Å². The van der Waals surface area contributed by atoms with Gasteiger partial charge in [-0.15, -0.1) is 28.1 Å². The number of anilines is 1. The third kappa shape index (κ3) is 4.93. The molecule has 2 aromatic rings. The van der Waals surface area contributed by atoms with Crippen LogP contribution in [0.4, 0.5) is 5.00 Å². The lowest BCUT2D eigenvalue weighted by molar-refractivity contribution is -0.113. The van der Waals surface area contributed by atoms with E-state index in [9.17, 15) is 9.59 Å². The number of ether oxygens (including phenoxy) is 1. The number of rotatable bonds is 8. The van der Waals surface area contributed by atoms with Gasteiger partial charge in [-0.1, -0.05) is 17.8 Å². The molecule has 0 radical (unpaired) electrons. The molecule has 7 nitrogen and oxygen atoms in total. The van der Waals surface area contributed by atoms with Crippen LogP contribution >= 0.6 is 23.1 Å². The van der Waals surface area contributed by atoms with E-state index in [1.807, 2.05) is 18.4 Å². The summed E-state index contributed by atoms with van der Waals surface area (Å²) in [6.45, 7) is 10.0. The Bertz CT molecular complexity index is 782. The number of esters is 1. The quantitative estimate of drug-likeness (QED) is 0.430. The van der Waals surface area contributed by atoms with Crippen LogP contribution in [0.15, 0.2) is 23.9 Å². The molecular formula is C16H20N4O3S2. The van der Waals surface area contributed by atoms with E-state index in [1.54, 1.807) is 19.1 Å². The van der Waals surface area contributed by atoms with Gasteiger partial charge in [-0.25, -0.2) is 4.79 Å². The van der Waals surface area contributed by atoms with E-state index in [-0.39, 0.29) is 18.3 Å². The Morgan fingerprint density at radius 3 is 2.88 bits per heavy atom. The number of nitrogens with one attached hydrogen (secondary N) is 1. The van der Waals surface area contributed by atoms with Crippen LogP contribution in [0, 0.1) is 13.8 Å². The van der Waals surface area contributed by atoms with Gasteiger partial charge < -0.3 is 14.6 Å². The molecule has 0 aliphatic heterocycles. The molecule has 0 aliphatic carbocycles. The van der Waals surface area contributed by atoms with Crippen molar-refractivity contribution in [1.29, 1.82) is 0 Å². The predicted molar refractivity (Wildman–Crippen MR) is 99.3 cm³/mol. The van der Waals surface area contributed by atoms with Gasteiger partial charge in [-0.05, 0) is 26.8 Å². The number of aryl methyl sites for hydroxylation is 2. The first-order valence-electron chi connectivity index (χ1n) is 7.67. The molecule has 0 atom stereocenters. The second-order valence-corrected chi connectivity index (χ2v) is 7.29. The maximum Gasteiger partial charge on any atom is 0.341 e. The maximum absolute atomic E-state index is 12.2. The molecule has 0 aliphatic rings. The molecule has 0 saturated heterocycles. The Morgan fingerprint density at radius 2 is 2.20 bits per heavy atom. The highest BCUT2D eigenvalue weighted by molar-refractivity contribution is 7.99. The molecule has 1 amide bonds. The van der Waals surface area contributed by atoms with E-state index in [1.165, 1.54) is 23.1 Å². The Kier molecular flexibility index (Phi) is 6.77. The summed E-state index contributed by atoms with van der Waals surface area (Å²) in [5.41, 5.74) is 0.383. The smallest absolute Gasteiger partial charge is 0.341 e. The Labute approximate surface area is 154 Å². The number of carbonyl (C=O) groups excluding carboxylic acids is 2. The SMILES string of the molecule is C=CCn1c(C)nnc1SCC(=O)Nc1sc(C)cc1C(=O)OCC. The normalized spacial score (nSPS) is 10.5. The van der Waals surface area contributed by atoms with Crippen molar-refractivity contribution in [2.75, 3.05) is 17.7 Å². The van der Waals surface area contributed by atoms with Crippen LogP contribution in [0.2, 0.25) is 0 Å². The standard InChI is InChI=1S/C16H20N4O3S2/c1-5-7-20-11(4)18-19-16(20)24-9-13(21)17-14-12(8-10(3)25-14)15(22)23-6-2/h5,8H,1,6-7,9H2,2-4H3,(H,17,21). The molecule has 0 unspecified atom stereocenters. The molecule has 0 saturated carbocycles. The van der Waals surface area contributed by atoms with Gasteiger partial charge >= 0.3 is 5.97 Å². The van der Waals surface area contributed by atoms with E-state index >= 15 is 0 Å². The number of aromatic nitrogens is 3. The van der Waals surface area contributed by atoms with Crippen LogP contribution in [0.3, 0.4) is 0 Å². The van der Waals surface area contributed by atoms with Crippen molar-refractivity contribution in [3.8, 4) is 0 Å². The van der Waals surface area contributed by atoms with Crippen LogP contribution in [-0.2, 0) is 16.1 Å². The van der Waals surface area contributed by atoms with Crippen LogP contribution in [-0.4, -0.2) is 39.0 Å². The summed E-state index contributed by atoms with van der Waals surface area (Å²) in [7, 11) is 0. The van der Waals surface area contributed by atoms with Gasteiger partial charge in [0.05, 0.1) is 17.9 Å². The minimum absolute atomic E-state index is 0.161. The van der Waals surface area contributed by atoms with Crippen molar-refractivity contribution < 1.29 is 14.3 Å². The van der Waals surface area contributed by atoms with Crippen LogP contribution in [0.25, 0.3) is 0 Å². The second kappa shape index (κ2) is 8.82. The highest BCUT2D eigenvalue weighted by Gasteiger charge is 2.18. The molecule has 0 bridgehead atoms. The molecule has 2 aromatic heterocycles. The maximum atomic E-state index is 12.2. The second-order valence-electron chi connectivity index (χ2n) is 5.09. The van der Waals surface area contributed by atoms with Crippen LogP contribution in [0.1, 0.15) is 28.0 Å². The van der Waals surface area contributed by atoms with Gasteiger partial charge in [0.15, 0.2) is 5.16 Å². The van der Waals surface area contributed by atoms with Crippen molar-refractivity contribution in [2.24, 2.45) is 0 Å². The number of allylic oxidation sites excluding steroid dienone is 1. The number of carbonyl (C=O) groups is 2. The lowest BCUT2D eigenvalue weighted by atomic mass is 10.3. The highest BCUT2D eigenvalue weighted by atomic mass is 32.2. The number of hydrogen-bond acceptors (Lipinski definition) is 7. The molecule has 1 N–H and O–H groups in total. The first-order valence-corrected chi connectivity index (χ1v) is 9.47. The van der Waals surface area contributed by atoms with Crippen molar-refractivity contribution in [3.63, 3.8) is 0 Å².